The van der Waals surface area contributed by atoms with E-state index >= 15 is 0 Å². The van der Waals surface area contributed by atoms with E-state index in [0.29, 0.717) is 28.7 Å². The maximum Gasteiger partial charge on any atom is 0.411 e. The number of fused-ring (bicyclic) bond motifs is 3. The fourth-order valence-electron chi connectivity index (χ4n) is 4.41. The minimum atomic E-state index is -0.881. The Bertz CT molecular complexity index is 1440. The SMILES string of the molecule is O=C(Nc1ccc(CSC(=S)N2Cc3[nH]c4ccccc4c3C[C@@H]2C(=O)O)cc1)OCc1ccccc1. The Morgan fingerprint density at radius 2 is 1.76 bits per heavy atom. The Balaban J connectivity index is 1.17. The van der Waals surface area contributed by atoms with Gasteiger partial charge in [-0.15, -0.1) is 0 Å². The molecule has 9 heteroatoms. The molecule has 188 valence electrons. The number of rotatable bonds is 6. The van der Waals surface area contributed by atoms with Crippen molar-refractivity contribution in [2.45, 2.75) is 31.4 Å². The summed E-state index contributed by atoms with van der Waals surface area (Å²) in [6.45, 7) is 0.632. The van der Waals surface area contributed by atoms with Crippen LogP contribution in [0.1, 0.15) is 22.4 Å². The molecule has 1 amide bonds. The molecule has 0 spiro atoms. The Morgan fingerprint density at radius 1 is 1.03 bits per heavy atom. The quantitative estimate of drug-likeness (QED) is 0.265. The van der Waals surface area contributed by atoms with E-state index in [1.807, 2.05) is 66.7 Å². The summed E-state index contributed by atoms with van der Waals surface area (Å²) in [5.41, 5.74) is 5.62. The normalized spacial score (nSPS) is 14.7. The summed E-state index contributed by atoms with van der Waals surface area (Å²) in [5, 5.41) is 13.7. The minimum absolute atomic E-state index is 0.201. The van der Waals surface area contributed by atoms with E-state index in [0.717, 1.165) is 33.3 Å². The first-order valence-corrected chi connectivity index (χ1v) is 13.2. The van der Waals surface area contributed by atoms with Crippen LogP contribution in [0.25, 0.3) is 10.9 Å². The standard InChI is InChI=1S/C28H25N3O4S2/c32-26(33)25-14-22-21-8-4-5-9-23(21)30-24(22)15-31(25)28(36)37-17-19-10-12-20(13-11-19)29-27(34)35-16-18-6-2-1-3-7-18/h1-13,25,30H,14-17H2,(H,29,34)(H,32,33)/t25-/m1/s1. The summed E-state index contributed by atoms with van der Waals surface area (Å²) in [6.07, 6.45) is -0.121. The van der Waals surface area contributed by atoms with Crippen molar-refractivity contribution in [3.05, 3.63) is 101 Å². The van der Waals surface area contributed by atoms with Crippen LogP contribution in [-0.2, 0) is 34.9 Å². The van der Waals surface area contributed by atoms with E-state index in [9.17, 15) is 14.7 Å². The highest BCUT2D eigenvalue weighted by molar-refractivity contribution is 8.22. The third kappa shape index (κ3) is 5.79. The Kier molecular flexibility index (Phi) is 7.43. The molecule has 1 aliphatic heterocycles. The van der Waals surface area contributed by atoms with Crippen LogP contribution in [0, 0.1) is 0 Å². The number of nitrogens with one attached hydrogen (secondary N) is 2. The molecular formula is C28H25N3O4S2. The van der Waals surface area contributed by atoms with Gasteiger partial charge in [0, 0.05) is 34.5 Å². The summed E-state index contributed by atoms with van der Waals surface area (Å²) in [6, 6.07) is 24.2. The molecule has 0 saturated carbocycles. The first-order valence-electron chi connectivity index (χ1n) is 11.8. The molecule has 0 fully saturated rings. The van der Waals surface area contributed by atoms with Gasteiger partial charge in [-0.2, -0.15) is 0 Å². The zero-order valence-corrected chi connectivity index (χ0v) is 21.5. The number of anilines is 1. The highest BCUT2D eigenvalue weighted by atomic mass is 32.2. The molecule has 4 aromatic rings. The van der Waals surface area contributed by atoms with Crippen LogP contribution in [0.5, 0.6) is 0 Å². The van der Waals surface area contributed by atoms with Crippen LogP contribution in [0.3, 0.4) is 0 Å². The van der Waals surface area contributed by atoms with Crippen molar-refractivity contribution in [1.82, 2.24) is 9.88 Å². The molecule has 2 heterocycles. The number of para-hydroxylation sites is 1. The third-order valence-electron chi connectivity index (χ3n) is 6.30. The molecule has 1 aliphatic rings. The van der Waals surface area contributed by atoms with Gasteiger partial charge < -0.3 is 19.7 Å². The Hall–Kier alpha value is -3.82. The molecule has 0 bridgehead atoms. The summed E-state index contributed by atoms with van der Waals surface area (Å²) in [5.74, 6) is -0.298. The number of carbonyl (C=O) groups excluding carboxylic acids is 1. The van der Waals surface area contributed by atoms with Crippen molar-refractivity contribution >= 4 is 57.0 Å². The number of aromatic amines is 1. The van der Waals surface area contributed by atoms with Gasteiger partial charge in [-0.3, -0.25) is 5.32 Å². The van der Waals surface area contributed by atoms with Crippen molar-refractivity contribution in [2.24, 2.45) is 0 Å². The molecule has 0 radical (unpaired) electrons. The van der Waals surface area contributed by atoms with Crippen LogP contribution in [-0.4, -0.2) is 37.4 Å². The lowest BCUT2D eigenvalue weighted by Gasteiger charge is -2.34. The summed E-state index contributed by atoms with van der Waals surface area (Å²) < 4.78 is 5.80. The van der Waals surface area contributed by atoms with Gasteiger partial charge in [0.15, 0.2) is 0 Å². The van der Waals surface area contributed by atoms with E-state index in [-0.39, 0.29) is 6.61 Å². The number of carbonyl (C=O) groups is 2. The van der Waals surface area contributed by atoms with E-state index in [4.69, 9.17) is 17.0 Å². The number of H-pyrrole nitrogens is 1. The molecule has 3 N–H and O–H groups in total. The Morgan fingerprint density at radius 3 is 2.51 bits per heavy atom. The van der Waals surface area contributed by atoms with Crippen molar-refractivity contribution in [3.63, 3.8) is 0 Å². The molecule has 0 aliphatic carbocycles. The van der Waals surface area contributed by atoms with Crippen molar-refractivity contribution in [2.75, 3.05) is 5.32 Å². The average molecular weight is 532 g/mol. The van der Waals surface area contributed by atoms with Crippen molar-refractivity contribution < 1.29 is 19.4 Å². The molecule has 1 atom stereocenters. The first-order chi connectivity index (χ1) is 18.0. The molecule has 0 unspecified atom stereocenters. The average Bonchev–Trinajstić information content (AvgIpc) is 3.29. The number of nitrogens with zero attached hydrogens (tertiary/aromatic N) is 1. The fourth-order valence-corrected chi connectivity index (χ4v) is 5.62. The molecule has 7 nitrogen and oxygen atoms in total. The molecule has 37 heavy (non-hydrogen) atoms. The van der Waals surface area contributed by atoms with Gasteiger partial charge in [-0.05, 0) is 34.9 Å². The third-order valence-corrected chi connectivity index (χ3v) is 7.85. The van der Waals surface area contributed by atoms with Gasteiger partial charge in [0.2, 0.25) is 0 Å². The second-order valence-corrected chi connectivity index (χ2v) is 10.4. The molecule has 0 saturated heterocycles. The smallest absolute Gasteiger partial charge is 0.411 e. The first kappa shape index (κ1) is 24.9. The number of benzene rings is 3. The second kappa shape index (κ2) is 11.1. The second-order valence-electron chi connectivity index (χ2n) is 8.75. The van der Waals surface area contributed by atoms with E-state index in [2.05, 4.69) is 10.3 Å². The van der Waals surface area contributed by atoms with Crippen LogP contribution in [0.15, 0.2) is 78.9 Å². The zero-order valence-electron chi connectivity index (χ0n) is 19.8. The molecule has 3 aromatic carbocycles. The number of ether oxygens (including phenoxy) is 1. The van der Waals surface area contributed by atoms with Gasteiger partial charge in [0.05, 0.1) is 6.54 Å². The van der Waals surface area contributed by atoms with Gasteiger partial charge >= 0.3 is 12.1 Å². The Labute approximate surface area is 223 Å². The van der Waals surface area contributed by atoms with Crippen LogP contribution in [0.2, 0.25) is 0 Å². The maximum atomic E-state index is 12.1. The summed E-state index contributed by atoms with van der Waals surface area (Å²) in [4.78, 5) is 29.4. The largest absolute Gasteiger partial charge is 0.480 e. The monoisotopic (exact) mass is 531 g/mol. The van der Waals surface area contributed by atoms with Crippen molar-refractivity contribution in [3.8, 4) is 0 Å². The number of hydrogen-bond donors (Lipinski definition) is 3. The lowest BCUT2D eigenvalue weighted by Crippen LogP contribution is -2.47. The lowest BCUT2D eigenvalue weighted by molar-refractivity contribution is -0.142. The van der Waals surface area contributed by atoms with Gasteiger partial charge in [-0.25, -0.2) is 9.59 Å². The number of carboxylic acids is 1. The maximum absolute atomic E-state index is 12.1. The van der Waals surface area contributed by atoms with Crippen LogP contribution >= 0.6 is 24.0 Å². The minimum Gasteiger partial charge on any atom is -0.480 e. The number of amides is 1. The predicted octanol–water partition coefficient (Wildman–Crippen LogP) is 5.95. The van der Waals surface area contributed by atoms with Gasteiger partial charge in [0.25, 0.3) is 0 Å². The molecular weight excluding hydrogens is 506 g/mol. The topological polar surface area (TPSA) is 94.7 Å². The highest BCUT2D eigenvalue weighted by Gasteiger charge is 2.35. The van der Waals surface area contributed by atoms with Crippen molar-refractivity contribution in [1.29, 1.82) is 0 Å². The number of thiocarbonyl (C=S) groups is 1. The predicted molar refractivity (Wildman–Crippen MR) is 150 cm³/mol. The number of hydrogen-bond acceptors (Lipinski definition) is 5. The van der Waals surface area contributed by atoms with E-state index in [1.54, 1.807) is 17.0 Å². The van der Waals surface area contributed by atoms with Crippen LogP contribution < -0.4 is 5.32 Å². The molecule has 1 aromatic heterocycles. The van der Waals surface area contributed by atoms with E-state index < -0.39 is 18.1 Å². The van der Waals surface area contributed by atoms with E-state index in [1.165, 1.54) is 11.8 Å². The number of carboxylic acid groups (broad SMARTS) is 1. The lowest BCUT2D eigenvalue weighted by atomic mass is 9.97. The zero-order chi connectivity index (χ0) is 25.8. The number of thioether (sulfide) groups is 1. The van der Waals surface area contributed by atoms with Gasteiger partial charge in [-0.1, -0.05) is 84.6 Å². The molecule has 5 rings (SSSR count). The van der Waals surface area contributed by atoms with Gasteiger partial charge in [0.1, 0.15) is 17.0 Å². The summed E-state index contributed by atoms with van der Waals surface area (Å²) >= 11 is 7.10. The highest BCUT2D eigenvalue weighted by Crippen LogP contribution is 2.32. The number of aromatic nitrogens is 1. The van der Waals surface area contributed by atoms with Crippen LogP contribution in [0.4, 0.5) is 10.5 Å². The summed E-state index contributed by atoms with van der Waals surface area (Å²) in [7, 11) is 0. The fraction of sp³-hybridized carbons (Fsp3) is 0.179. The number of aliphatic carboxylic acids is 1.